The van der Waals surface area contributed by atoms with Crippen molar-refractivity contribution in [3.05, 3.63) is 29.6 Å². The Morgan fingerprint density at radius 1 is 1.62 bits per heavy atom. The van der Waals surface area contributed by atoms with Gasteiger partial charge in [0.25, 0.3) is 5.91 Å². The van der Waals surface area contributed by atoms with E-state index in [0.717, 1.165) is 0 Å². The van der Waals surface area contributed by atoms with Crippen LogP contribution in [-0.2, 0) is 0 Å². The maximum atomic E-state index is 11.7. The Kier molecular flexibility index (Phi) is 3.59. The van der Waals surface area contributed by atoms with Crippen LogP contribution in [0.2, 0.25) is 0 Å². The summed E-state index contributed by atoms with van der Waals surface area (Å²) in [5, 5.41) is 20.2. The maximum Gasteiger partial charge on any atom is 0.270 e. The number of rotatable bonds is 3. The van der Waals surface area contributed by atoms with Gasteiger partial charge in [0.05, 0.1) is 17.7 Å². The Balaban J connectivity index is 2.78. The summed E-state index contributed by atoms with van der Waals surface area (Å²) in [7, 11) is 0. The van der Waals surface area contributed by atoms with Crippen molar-refractivity contribution in [2.75, 3.05) is 6.61 Å². The highest BCUT2D eigenvalue weighted by molar-refractivity contribution is 5.92. The fourth-order valence-corrected chi connectivity index (χ4v) is 1.01. The summed E-state index contributed by atoms with van der Waals surface area (Å²) < 4.78 is 0. The molecule has 0 saturated carbocycles. The van der Waals surface area contributed by atoms with Crippen molar-refractivity contribution in [1.82, 2.24) is 10.3 Å². The summed E-state index contributed by atoms with van der Waals surface area (Å²) in [6, 6.07) is 4.91. The van der Waals surface area contributed by atoms with Gasteiger partial charge < -0.3 is 10.4 Å². The molecule has 0 saturated heterocycles. The first-order chi connectivity index (χ1) is 7.48. The Morgan fingerprint density at radius 3 is 2.75 bits per heavy atom. The molecule has 0 aliphatic rings. The monoisotopic (exact) mass is 219 g/mol. The molecule has 5 heteroatoms. The molecular weight excluding hydrogens is 206 g/mol. The topological polar surface area (TPSA) is 86.0 Å². The summed E-state index contributed by atoms with van der Waals surface area (Å²) in [5.74, 6) is -0.372. The highest BCUT2D eigenvalue weighted by Crippen LogP contribution is 2.04. The molecule has 2 N–H and O–H groups in total. The number of aromatic nitrogens is 1. The molecule has 16 heavy (non-hydrogen) atoms. The summed E-state index contributed by atoms with van der Waals surface area (Å²) in [6.07, 6.45) is 1.33. The Bertz CT molecular complexity index is 418. The number of hydrogen-bond donors (Lipinski definition) is 2. The van der Waals surface area contributed by atoms with Gasteiger partial charge in [-0.3, -0.25) is 4.79 Å². The largest absolute Gasteiger partial charge is 0.394 e. The number of nitriles is 1. The third-order valence-electron chi connectivity index (χ3n) is 1.97. The first-order valence-corrected chi connectivity index (χ1v) is 4.78. The number of aliphatic hydroxyl groups is 1. The van der Waals surface area contributed by atoms with Crippen molar-refractivity contribution < 1.29 is 9.90 Å². The van der Waals surface area contributed by atoms with Crippen molar-refractivity contribution >= 4 is 5.91 Å². The van der Waals surface area contributed by atoms with Crippen LogP contribution in [0.5, 0.6) is 0 Å². The van der Waals surface area contributed by atoms with Gasteiger partial charge in [0, 0.05) is 6.20 Å². The molecule has 0 aromatic carbocycles. The van der Waals surface area contributed by atoms with Gasteiger partial charge in [-0.1, -0.05) is 0 Å². The highest BCUT2D eigenvalue weighted by Gasteiger charge is 2.20. The standard InChI is InChI=1S/C11H13N3O2/c1-11(2,7-15)14-10(16)9-4-3-8(5-12)6-13-9/h3-4,6,15H,7H2,1-2H3,(H,14,16). The summed E-state index contributed by atoms with van der Waals surface area (Å²) in [6.45, 7) is 3.25. The van der Waals surface area contributed by atoms with Gasteiger partial charge in [0.15, 0.2) is 0 Å². The molecule has 1 aromatic heterocycles. The molecular formula is C11H13N3O2. The molecule has 1 rings (SSSR count). The van der Waals surface area contributed by atoms with E-state index in [4.69, 9.17) is 10.4 Å². The van der Waals surface area contributed by atoms with Gasteiger partial charge in [-0.05, 0) is 26.0 Å². The van der Waals surface area contributed by atoms with Crippen LogP contribution in [0.25, 0.3) is 0 Å². The molecule has 0 atom stereocenters. The van der Waals surface area contributed by atoms with Crippen LogP contribution in [0.1, 0.15) is 29.9 Å². The molecule has 0 fully saturated rings. The van der Waals surface area contributed by atoms with Gasteiger partial charge in [-0.25, -0.2) is 4.98 Å². The van der Waals surface area contributed by atoms with E-state index >= 15 is 0 Å². The van der Waals surface area contributed by atoms with E-state index in [0.29, 0.717) is 5.56 Å². The minimum absolute atomic E-state index is 0.158. The van der Waals surface area contributed by atoms with Gasteiger partial charge in [0.2, 0.25) is 0 Å². The first-order valence-electron chi connectivity index (χ1n) is 4.78. The van der Waals surface area contributed by atoms with Gasteiger partial charge >= 0.3 is 0 Å². The molecule has 84 valence electrons. The second-order valence-electron chi connectivity index (χ2n) is 4.04. The van der Waals surface area contributed by atoms with Crippen molar-refractivity contribution in [3.8, 4) is 6.07 Å². The van der Waals surface area contributed by atoms with Crippen LogP contribution >= 0.6 is 0 Å². The fraction of sp³-hybridized carbons (Fsp3) is 0.364. The normalized spacial score (nSPS) is 10.6. The van der Waals surface area contributed by atoms with Crippen molar-refractivity contribution in [2.24, 2.45) is 0 Å². The lowest BCUT2D eigenvalue weighted by atomic mass is 10.1. The zero-order valence-electron chi connectivity index (χ0n) is 9.19. The average Bonchev–Trinajstić information content (AvgIpc) is 2.28. The Hall–Kier alpha value is -1.93. The molecule has 1 heterocycles. The number of carbonyl (C=O) groups excluding carboxylic acids is 1. The van der Waals surface area contributed by atoms with Crippen LogP contribution in [-0.4, -0.2) is 28.1 Å². The molecule has 1 aromatic rings. The fourth-order valence-electron chi connectivity index (χ4n) is 1.01. The van der Waals surface area contributed by atoms with Crippen molar-refractivity contribution in [2.45, 2.75) is 19.4 Å². The van der Waals surface area contributed by atoms with Crippen LogP contribution in [0, 0.1) is 11.3 Å². The maximum absolute atomic E-state index is 11.7. The van der Waals surface area contributed by atoms with Crippen LogP contribution in [0.3, 0.4) is 0 Å². The van der Waals surface area contributed by atoms with E-state index in [1.807, 2.05) is 6.07 Å². The van der Waals surface area contributed by atoms with Crippen LogP contribution in [0.15, 0.2) is 18.3 Å². The average molecular weight is 219 g/mol. The summed E-state index contributed by atoms with van der Waals surface area (Å²) in [4.78, 5) is 15.5. The Morgan fingerprint density at radius 2 is 2.31 bits per heavy atom. The lowest BCUT2D eigenvalue weighted by molar-refractivity contribution is 0.0864. The number of nitrogens with one attached hydrogen (secondary N) is 1. The van der Waals surface area contributed by atoms with Crippen molar-refractivity contribution in [3.63, 3.8) is 0 Å². The van der Waals surface area contributed by atoms with E-state index in [9.17, 15) is 4.79 Å². The number of aliphatic hydroxyl groups excluding tert-OH is 1. The third kappa shape index (κ3) is 3.04. The predicted molar refractivity (Wildman–Crippen MR) is 57.6 cm³/mol. The lowest BCUT2D eigenvalue weighted by Crippen LogP contribution is -2.46. The van der Waals surface area contributed by atoms with Gasteiger partial charge in [-0.15, -0.1) is 0 Å². The molecule has 1 amide bonds. The van der Waals surface area contributed by atoms with E-state index < -0.39 is 5.54 Å². The smallest absolute Gasteiger partial charge is 0.270 e. The molecule has 0 spiro atoms. The quantitative estimate of drug-likeness (QED) is 0.773. The molecule has 0 radical (unpaired) electrons. The van der Waals surface area contributed by atoms with E-state index in [2.05, 4.69) is 10.3 Å². The number of hydrogen-bond acceptors (Lipinski definition) is 4. The zero-order valence-corrected chi connectivity index (χ0v) is 9.19. The molecule has 0 bridgehead atoms. The van der Waals surface area contributed by atoms with E-state index in [1.165, 1.54) is 18.3 Å². The minimum Gasteiger partial charge on any atom is -0.394 e. The van der Waals surface area contributed by atoms with Gasteiger partial charge in [-0.2, -0.15) is 5.26 Å². The zero-order chi connectivity index (χ0) is 12.2. The molecule has 0 unspecified atom stereocenters. The van der Waals surface area contributed by atoms with Crippen LogP contribution < -0.4 is 5.32 Å². The second kappa shape index (κ2) is 4.73. The minimum atomic E-state index is -0.688. The number of nitrogens with zero attached hydrogens (tertiary/aromatic N) is 2. The van der Waals surface area contributed by atoms with E-state index in [1.54, 1.807) is 13.8 Å². The first kappa shape index (κ1) is 12.1. The number of carbonyl (C=O) groups is 1. The van der Waals surface area contributed by atoms with E-state index in [-0.39, 0.29) is 18.2 Å². The molecule has 5 nitrogen and oxygen atoms in total. The highest BCUT2D eigenvalue weighted by atomic mass is 16.3. The molecule has 0 aliphatic carbocycles. The van der Waals surface area contributed by atoms with Gasteiger partial charge in [0.1, 0.15) is 11.8 Å². The summed E-state index contributed by atoms with van der Waals surface area (Å²) >= 11 is 0. The van der Waals surface area contributed by atoms with Crippen molar-refractivity contribution in [1.29, 1.82) is 5.26 Å². The third-order valence-corrected chi connectivity index (χ3v) is 1.97. The summed E-state index contributed by atoms with van der Waals surface area (Å²) in [5.41, 5.74) is -0.0642. The Labute approximate surface area is 93.7 Å². The number of pyridine rings is 1. The van der Waals surface area contributed by atoms with Crippen LogP contribution in [0.4, 0.5) is 0 Å². The predicted octanol–water partition coefficient (Wildman–Crippen LogP) is 0.454. The second-order valence-corrected chi connectivity index (χ2v) is 4.04. The molecule has 0 aliphatic heterocycles. The SMILES string of the molecule is CC(C)(CO)NC(=O)c1ccc(C#N)cn1. The lowest BCUT2D eigenvalue weighted by Gasteiger charge is -2.23. The number of amides is 1.